The van der Waals surface area contributed by atoms with Crippen molar-refractivity contribution in [3.8, 4) is 0 Å². The van der Waals surface area contributed by atoms with Crippen LogP contribution in [0.15, 0.2) is 11.9 Å². The number of halogens is 1. The zero-order valence-electron chi connectivity index (χ0n) is 16.9. The van der Waals surface area contributed by atoms with Gasteiger partial charge in [0.15, 0.2) is 0 Å². The van der Waals surface area contributed by atoms with Gasteiger partial charge in [-0.1, -0.05) is 77.2 Å². The van der Waals surface area contributed by atoms with E-state index in [1.807, 2.05) is 0 Å². The summed E-state index contributed by atoms with van der Waals surface area (Å²) >= 11 is 0. The number of carbonyl (C=O) groups is 1. The quantitative estimate of drug-likeness (QED) is 0.321. The molecule has 0 unspecified atom stereocenters. The van der Waals surface area contributed by atoms with Crippen molar-refractivity contribution in [2.75, 3.05) is 13.2 Å². The fraction of sp³-hybridized carbons (Fsp3) is 0.857. The molecule has 5 heteroatoms. The average molecular weight is 374 g/mol. The first kappa shape index (κ1) is 25.1. The van der Waals surface area contributed by atoms with Crippen LogP contribution in [0.3, 0.4) is 0 Å². The molecule has 154 valence electrons. The van der Waals surface area contributed by atoms with Gasteiger partial charge in [-0.25, -0.2) is 4.39 Å². The van der Waals surface area contributed by atoms with Gasteiger partial charge in [-0.15, -0.1) is 0 Å². The zero-order valence-corrected chi connectivity index (χ0v) is 16.9. The van der Waals surface area contributed by atoms with Crippen molar-refractivity contribution in [1.82, 2.24) is 5.32 Å². The Morgan fingerprint density at radius 2 is 1.38 bits per heavy atom. The number of unbranched alkanes of at least 4 members (excludes halogenated alkanes) is 11. The van der Waals surface area contributed by atoms with Crippen LogP contribution in [0.25, 0.3) is 0 Å². The number of aliphatic hydroxyl groups excluding tert-OH is 2. The summed E-state index contributed by atoms with van der Waals surface area (Å²) in [4.78, 5) is 11.2. The first-order valence-corrected chi connectivity index (χ1v) is 10.3. The smallest absolute Gasteiger partial charge is 0.217 e. The summed E-state index contributed by atoms with van der Waals surface area (Å²) in [6.45, 7) is 2.53. The molecule has 26 heavy (non-hydrogen) atoms. The van der Waals surface area contributed by atoms with Gasteiger partial charge in [0.25, 0.3) is 0 Å². The fourth-order valence-electron chi connectivity index (χ4n) is 3.12. The van der Waals surface area contributed by atoms with Gasteiger partial charge in [0.2, 0.25) is 5.91 Å². The van der Waals surface area contributed by atoms with E-state index in [9.17, 15) is 19.4 Å². The molecule has 3 N–H and O–H groups in total. The highest BCUT2D eigenvalue weighted by molar-refractivity contribution is 5.73. The molecule has 4 nitrogen and oxygen atoms in total. The summed E-state index contributed by atoms with van der Waals surface area (Å²) in [7, 11) is 0. The van der Waals surface area contributed by atoms with E-state index in [0.29, 0.717) is 6.42 Å². The van der Waals surface area contributed by atoms with Gasteiger partial charge >= 0.3 is 0 Å². The second kappa shape index (κ2) is 16.2. The van der Waals surface area contributed by atoms with E-state index in [-0.39, 0.29) is 6.42 Å². The molecule has 0 saturated carbocycles. The van der Waals surface area contributed by atoms with Gasteiger partial charge in [-0.3, -0.25) is 4.79 Å². The van der Waals surface area contributed by atoms with Crippen LogP contribution in [-0.2, 0) is 4.79 Å². The van der Waals surface area contributed by atoms with Crippen molar-refractivity contribution in [2.45, 2.75) is 103 Å². The van der Waals surface area contributed by atoms with Gasteiger partial charge in [-0.2, -0.15) is 0 Å². The first-order chi connectivity index (χ1) is 12.5. The van der Waals surface area contributed by atoms with Crippen molar-refractivity contribution in [3.63, 3.8) is 0 Å². The summed E-state index contributed by atoms with van der Waals surface area (Å²) in [5.74, 6) is -0.791. The minimum absolute atomic E-state index is 0.183. The minimum atomic E-state index is -1.32. The summed E-state index contributed by atoms with van der Waals surface area (Å²) in [5, 5.41) is 21.2. The standard InChI is InChI=1S/C21H40FNO3/c1-3-4-5-6-7-8-9-10-11-12-13-14-15-20(22)16-21(17-24,18-25)23-19(2)26/h15,24-25H,3-14,16-18H2,1-2H3,(H,23,26). The summed E-state index contributed by atoms with van der Waals surface area (Å²) in [6, 6.07) is 0. The molecule has 0 aliphatic rings. The maximum atomic E-state index is 14.0. The van der Waals surface area contributed by atoms with Gasteiger partial charge in [0.1, 0.15) is 0 Å². The van der Waals surface area contributed by atoms with E-state index in [1.54, 1.807) is 0 Å². The SMILES string of the molecule is CCCCCCCCCCCCCC=C(F)CC(CO)(CO)NC(C)=O. The molecule has 0 aliphatic heterocycles. The molecule has 0 rings (SSSR count). The van der Waals surface area contributed by atoms with E-state index in [0.717, 1.165) is 12.8 Å². The molecule has 0 heterocycles. The predicted octanol–water partition coefficient (Wildman–Crippen LogP) is 4.79. The fourth-order valence-corrected chi connectivity index (χ4v) is 3.12. The third kappa shape index (κ3) is 13.3. The summed E-state index contributed by atoms with van der Waals surface area (Å²) in [6.07, 6.45) is 15.8. The van der Waals surface area contributed by atoms with Gasteiger partial charge in [0, 0.05) is 13.3 Å². The van der Waals surface area contributed by atoms with Crippen LogP contribution in [0.5, 0.6) is 0 Å². The Balaban J connectivity index is 3.78. The van der Waals surface area contributed by atoms with Gasteiger partial charge in [-0.05, 0) is 12.8 Å². The maximum Gasteiger partial charge on any atom is 0.217 e. The van der Waals surface area contributed by atoms with E-state index in [1.165, 1.54) is 70.8 Å². The first-order valence-electron chi connectivity index (χ1n) is 10.3. The van der Waals surface area contributed by atoms with Crippen LogP contribution in [0.1, 0.15) is 97.3 Å². The lowest BCUT2D eigenvalue weighted by Gasteiger charge is -2.29. The molecule has 0 aromatic heterocycles. The van der Waals surface area contributed by atoms with Crippen LogP contribution in [0.4, 0.5) is 4.39 Å². The predicted molar refractivity (Wildman–Crippen MR) is 106 cm³/mol. The van der Waals surface area contributed by atoms with E-state index in [4.69, 9.17) is 0 Å². The molecule has 0 atom stereocenters. The molecule has 0 spiro atoms. The summed E-state index contributed by atoms with van der Waals surface area (Å²) < 4.78 is 14.0. The Bertz CT molecular complexity index is 381. The molecule has 0 aromatic rings. The highest BCUT2D eigenvalue weighted by Gasteiger charge is 2.31. The number of amides is 1. The van der Waals surface area contributed by atoms with Crippen LogP contribution in [0.2, 0.25) is 0 Å². The number of rotatable bonds is 17. The van der Waals surface area contributed by atoms with E-state index < -0.39 is 30.5 Å². The van der Waals surface area contributed by atoms with Crippen molar-refractivity contribution in [2.24, 2.45) is 0 Å². The lowest BCUT2D eigenvalue weighted by atomic mass is 9.95. The van der Waals surface area contributed by atoms with Crippen molar-refractivity contribution in [1.29, 1.82) is 0 Å². The van der Waals surface area contributed by atoms with Crippen LogP contribution < -0.4 is 5.32 Å². The normalized spacial score (nSPS) is 12.4. The highest BCUT2D eigenvalue weighted by Crippen LogP contribution is 2.19. The van der Waals surface area contributed by atoms with Crippen LogP contribution in [0, 0.1) is 0 Å². The van der Waals surface area contributed by atoms with Crippen LogP contribution >= 0.6 is 0 Å². The maximum absolute atomic E-state index is 14.0. The molecular weight excluding hydrogens is 333 g/mol. The number of carbonyl (C=O) groups excluding carboxylic acids is 1. The minimum Gasteiger partial charge on any atom is -0.394 e. The molecule has 0 aromatic carbocycles. The van der Waals surface area contributed by atoms with Gasteiger partial charge in [0.05, 0.1) is 24.6 Å². The lowest BCUT2D eigenvalue weighted by Crippen LogP contribution is -2.53. The van der Waals surface area contributed by atoms with Crippen LogP contribution in [-0.4, -0.2) is 34.9 Å². The molecule has 0 aliphatic carbocycles. The topological polar surface area (TPSA) is 69.6 Å². The molecule has 0 saturated heterocycles. The average Bonchev–Trinajstić information content (AvgIpc) is 2.61. The van der Waals surface area contributed by atoms with E-state index >= 15 is 0 Å². The third-order valence-electron chi connectivity index (χ3n) is 4.73. The third-order valence-corrected chi connectivity index (χ3v) is 4.73. The van der Waals surface area contributed by atoms with E-state index in [2.05, 4.69) is 12.2 Å². The number of allylic oxidation sites excluding steroid dienone is 1. The molecule has 0 radical (unpaired) electrons. The van der Waals surface area contributed by atoms with Crippen molar-refractivity contribution < 1.29 is 19.4 Å². The number of aliphatic hydroxyl groups is 2. The Kier molecular flexibility index (Phi) is 15.7. The molecular formula is C21H40FNO3. The second-order valence-corrected chi connectivity index (χ2v) is 7.43. The zero-order chi connectivity index (χ0) is 19.7. The largest absolute Gasteiger partial charge is 0.394 e. The number of nitrogens with one attached hydrogen (secondary N) is 1. The Hall–Kier alpha value is -0.940. The Morgan fingerprint density at radius 1 is 0.923 bits per heavy atom. The molecule has 0 fully saturated rings. The lowest BCUT2D eigenvalue weighted by molar-refractivity contribution is -0.122. The number of hydrogen-bond acceptors (Lipinski definition) is 3. The van der Waals surface area contributed by atoms with Crippen molar-refractivity contribution in [3.05, 3.63) is 11.9 Å². The van der Waals surface area contributed by atoms with Gasteiger partial charge < -0.3 is 15.5 Å². The summed E-state index contributed by atoms with van der Waals surface area (Å²) in [5.41, 5.74) is -1.32. The highest BCUT2D eigenvalue weighted by atomic mass is 19.1. The second-order valence-electron chi connectivity index (χ2n) is 7.43. The Labute approximate surface area is 159 Å². The molecule has 1 amide bonds. The van der Waals surface area contributed by atoms with Crippen molar-refractivity contribution >= 4 is 5.91 Å². The monoisotopic (exact) mass is 373 g/mol. The Morgan fingerprint density at radius 3 is 1.81 bits per heavy atom. The molecule has 0 bridgehead atoms. The number of hydrogen-bond donors (Lipinski definition) is 3.